The van der Waals surface area contributed by atoms with Crippen LogP contribution in [0.5, 0.6) is 5.88 Å². The molecule has 0 radical (unpaired) electrons. The lowest BCUT2D eigenvalue weighted by atomic mass is 10.1. The Bertz CT molecular complexity index is 506. The zero-order valence-electron chi connectivity index (χ0n) is 11.1. The summed E-state index contributed by atoms with van der Waals surface area (Å²) in [7, 11) is 3.56. The molecule has 0 aliphatic carbocycles. The van der Waals surface area contributed by atoms with Crippen LogP contribution < -0.4 is 10.1 Å². The highest BCUT2D eigenvalue weighted by Crippen LogP contribution is 2.33. The predicted octanol–water partition coefficient (Wildman–Crippen LogP) is 1.89. The van der Waals surface area contributed by atoms with Gasteiger partial charge >= 0.3 is 0 Å². The summed E-state index contributed by atoms with van der Waals surface area (Å²) in [6.45, 7) is 4.94. The zero-order chi connectivity index (χ0) is 13.1. The number of hydrogen-bond acceptors (Lipinski definition) is 5. The lowest BCUT2D eigenvalue weighted by molar-refractivity contribution is 0.365. The second-order valence-electron chi connectivity index (χ2n) is 3.99. The molecule has 0 bridgehead atoms. The molecule has 0 spiro atoms. The van der Waals surface area contributed by atoms with Crippen molar-refractivity contribution in [2.45, 2.75) is 19.9 Å². The van der Waals surface area contributed by atoms with Crippen LogP contribution in [0.2, 0.25) is 0 Å². The smallest absolute Gasteiger partial charge is 0.216 e. The lowest BCUT2D eigenvalue weighted by Gasteiger charge is -2.16. The summed E-state index contributed by atoms with van der Waals surface area (Å²) in [5, 5.41) is 10.9. The number of nitrogens with zero attached hydrogens (tertiary/aromatic N) is 3. The third-order valence-corrected chi connectivity index (χ3v) is 3.64. The van der Waals surface area contributed by atoms with E-state index >= 15 is 0 Å². The molecule has 1 unspecified atom stereocenters. The molecule has 1 N–H and O–H groups in total. The second kappa shape index (κ2) is 5.49. The molecule has 2 aromatic heterocycles. The number of nitrogens with one attached hydrogen (secondary N) is 1. The van der Waals surface area contributed by atoms with Gasteiger partial charge in [-0.05, 0) is 13.5 Å². The van der Waals surface area contributed by atoms with Gasteiger partial charge < -0.3 is 10.1 Å². The van der Waals surface area contributed by atoms with Crippen LogP contribution in [0.15, 0.2) is 11.6 Å². The maximum Gasteiger partial charge on any atom is 0.216 e. The van der Waals surface area contributed by atoms with E-state index in [2.05, 4.69) is 22.3 Å². The van der Waals surface area contributed by atoms with Gasteiger partial charge in [0.05, 0.1) is 24.4 Å². The Balaban J connectivity index is 2.49. The first-order valence-electron chi connectivity index (χ1n) is 5.89. The third-order valence-electron chi connectivity index (χ3n) is 2.80. The molecular weight excluding hydrogens is 248 g/mol. The van der Waals surface area contributed by atoms with Crippen molar-refractivity contribution in [1.82, 2.24) is 20.1 Å². The Morgan fingerprint density at radius 1 is 1.56 bits per heavy atom. The average molecular weight is 266 g/mol. The molecule has 0 fully saturated rings. The molecule has 1 atom stereocenters. The van der Waals surface area contributed by atoms with Gasteiger partial charge in [-0.3, -0.25) is 0 Å². The standard InChI is InChI=1S/C12H18N4OS/c1-5-13-10(11-14-6-7-18-11)9-8(2)15-16(3)12(9)17-4/h6-7,10,13H,5H2,1-4H3. The summed E-state index contributed by atoms with van der Waals surface area (Å²) in [5.41, 5.74) is 2.03. The number of aromatic nitrogens is 3. The Labute approximate surface area is 111 Å². The molecule has 6 heteroatoms. The van der Waals surface area contributed by atoms with Crippen LogP contribution in [0.3, 0.4) is 0 Å². The molecule has 2 aromatic rings. The van der Waals surface area contributed by atoms with E-state index in [-0.39, 0.29) is 6.04 Å². The minimum absolute atomic E-state index is 0.0404. The van der Waals surface area contributed by atoms with E-state index < -0.39 is 0 Å². The lowest BCUT2D eigenvalue weighted by Crippen LogP contribution is -2.22. The molecule has 5 nitrogen and oxygen atoms in total. The van der Waals surface area contributed by atoms with E-state index in [0.717, 1.165) is 28.7 Å². The molecule has 0 aliphatic rings. The Hall–Kier alpha value is -1.40. The topological polar surface area (TPSA) is 52.0 Å². The zero-order valence-corrected chi connectivity index (χ0v) is 11.9. The van der Waals surface area contributed by atoms with Gasteiger partial charge in [-0.1, -0.05) is 6.92 Å². The largest absolute Gasteiger partial charge is 0.481 e. The molecule has 18 heavy (non-hydrogen) atoms. The highest BCUT2D eigenvalue weighted by molar-refractivity contribution is 7.09. The van der Waals surface area contributed by atoms with Gasteiger partial charge in [-0.25, -0.2) is 9.67 Å². The van der Waals surface area contributed by atoms with E-state index in [1.54, 1.807) is 23.1 Å². The number of hydrogen-bond donors (Lipinski definition) is 1. The highest BCUT2D eigenvalue weighted by atomic mass is 32.1. The maximum atomic E-state index is 5.46. The van der Waals surface area contributed by atoms with Gasteiger partial charge in [0.2, 0.25) is 5.88 Å². The molecule has 98 valence electrons. The molecule has 2 rings (SSSR count). The summed E-state index contributed by atoms with van der Waals surface area (Å²) in [5.74, 6) is 0.786. The van der Waals surface area contributed by atoms with Gasteiger partial charge in [0.25, 0.3) is 0 Å². The van der Waals surface area contributed by atoms with Crippen molar-refractivity contribution in [2.75, 3.05) is 13.7 Å². The van der Waals surface area contributed by atoms with Crippen LogP contribution in [0.1, 0.15) is 29.2 Å². The summed E-state index contributed by atoms with van der Waals surface area (Å²) >= 11 is 1.64. The van der Waals surface area contributed by atoms with Crippen molar-refractivity contribution in [3.05, 3.63) is 27.8 Å². The first-order chi connectivity index (χ1) is 8.69. The molecule has 0 aliphatic heterocycles. The van der Waals surface area contributed by atoms with Crippen molar-refractivity contribution in [2.24, 2.45) is 7.05 Å². The first kappa shape index (κ1) is 13.0. The fourth-order valence-electron chi connectivity index (χ4n) is 2.12. The summed E-state index contributed by atoms with van der Waals surface area (Å²) < 4.78 is 7.23. The van der Waals surface area contributed by atoms with E-state index in [4.69, 9.17) is 4.74 Å². The van der Waals surface area contributed by atoms with Crippen LogP contribution >= 0.6 is 11.3 Å². The number of methoxy groups -OCH3 is 1. The van der Waals surface area contributed by atoms with Crippen LogP contribution in [-0.4, -0.2) is 28.4 Å². The SMILES string of the molecule is CCNC(c1nccs1)c1c(C)nn(C)c1OC. The highest BCUT2D eigenvalue weighted by Gasteiger charge is 2.25. The van der Waals surface area contributed by atoms with Gasteiger partial charge in [-0.15, -0.1) is 11.3 Å². The molecule has 2 heterocycles. The molecule has 0 amide bonds. The van der Waals surface area contributed by atoms with E-state index in [0.29, 0.717) is 0 Å². The van der Waals surface area contributed by atoms with Gasteiger partial charge in [0.15, 0.2) is 0 Å². The number of aryl methyl sites for hydroxylation is 2. The summed E-state index contributed by atoms with van der Waals surface area (Å²) in [6.07, 6.45) is 1.82. The third kappa shape index (κ3) is 2.26. The maximum absolute atomic E-state index is 5.46. The van der Waals surface area contributed by atoms with Crippen LogP contribution in [-0.2, 0) is 7.05 Å². The monoisotopic (exact) mass is 266 g/mol. The fourth-order valence-corrected chi connectivity index (χ4v) is 2.84. The van der Waals surface area contributed by atoms with Gasteiger partial charge in [-0.2, -0.15) is 5.10 Å². The molecule has 0 saturated heterocycles. The number of ether oxygens (including phenoxy) is 1. The molecule has 0 aromatic carbocycles. The van der Waals surface area contributed by atoms with Crippen LogP contribution in [0, 0.1) is 6.92 Å². The fraction of sp³-hybridized carbons (Fsp3) is 0.500. The van der Waals surface area contributed by atoms with E-state index in [1.807, 2.05) is 25.5 Å². The van der Waals surface area contributed by atoms with Gasteiger partial charge in [0.1, 0.15) is 5.01 Å². The number of thiazole rings is 1. The van der Waals surface area contributed by atoms with Crippen molar-refractivity contribution in [3.8, 4) is 5.88 Å². The summed E-state index contributed by atoms with van der Waals surface area (Å²) in [6, 6.07) is 0.0404. The molecule has 0 saturated carbocycles. The Kier molecular flexibility index (Phi) is 3.98. The van der Waals surface area contributed by atoms with Crippen molar-refractivity contribution in [1.29, 1.82) is 0 Å². The van der Waals surface area contributed by atoms with Crippen molar-refractivity contribution in [3.63, 3.8) is 0 Å². The quantitative estimate of drug-likeness (QED) is 0.898. The van der Waals surface area contributed by atoms with Crippen molar-refractivity contribution >= 4 is 11.3 Å². The number of rotatable bonds is 5. The minimum Gasteiger partial charge on any atom is -0.481 e. The average Bonchev–Trinajstić information content (AvgIpc) is 2.94. The minimum atomic E-state index is 0.0404. The van der Waals surface area contributed by atoms with E-state index in [9.17, 15) is 0 Å². The summed E-state index contributed by atoms with van der Waals surface area (Å²) in [4.78, 5) is 4.40. The van der Waals surface area contributed by atoms with Crippen LogP contribution in [0.25, 0.3) is 0 Å². The van der Waals surface area contributed by atoms with Crippen molar-refractivity contribution < 1.29 is 4.74 Å². The Morgan fingerprint density at radius 2 is 2.33 bits per heavy atom. The Morgan fingerprint density at radius 3 is 2.89 bits per heavy atom. The predicted molar refractivity (Wildman–Crippen MR) is 72.1 cm³/mol. The second-order valence-corrected chi connectivity index (χ2v) is 4.92. The van der Waals surface area contributed by atoms with Crippen LogP contribution in [0.4, 0.5) is 0 Å². The first-order valence-corrected chi connectivity index (χ1v) is 6.77. The van der Waals surface area contributed by atoms with Gasteiger partial charge in [0, 0.05) is 18.6 Å². The molecular formula is C12H18N4OS. The normalized spacial score (nSPS) is 12.7. The van der Waals surface area contributed by atoms with E-state index in [1.165, 1.54) is 0 Å².